The predicted octanol–water partition coefficient (Wildman–Crippen LogP) is 3.51. The minimum Gasteiger partial charge on any atom is -0.347 e. The number of anilines is 2. The van der Waals surface area contributed by atoms with E-state index in [1.54, 1.807) is 12.4 Å². The molecule has 3 aromatic rings. The number of amides is 1. The Hall–Kier alpha value is -2.99. The van der Waals surface area contributed by atoms with Gasteiger partial charge in [-0.05, 0) is 36.2 Å². The molecular weight excluding hydrogens is 338 g/mol. The fourth-order valence-corrected chi connectivity index (χ4v) is 2.34. The zero-order chi connectivity index (χ0) is 17.6. The van der Waals surface area contributed by atoms with Crippen LogP contribution >= 0.6 is 11.6 Å². The monoisotopic (exact) mass is 353 g/mol. The van der Waals surface area contributed by atoms with Gasteiger partial charge in [0.15, 0.2) is 0 Å². The van der Waals surface area contributed by atoms with Crippen LogP contribution in [0.15, 0.2) is 55.1 Å². The molecule has 0 saturated heterocycles. The molecule has 0 radical (unpaired) electrons. The third kappa shape index (κ3) is 4.30. The molecule has 2 aromatic heterocycles. The van der Waals surface area contributed by atoms with Crippen LogP contribution < -0.4 is 10.6 Å². The van der Waals surface area contributed by atoms with E-state index < -0.39 is 0 Å². The van der Waals surface area contributed by atoms with E-state index in [0.29, 0.717) is 17.4 Å². The van der Waals surface area contributed by atoms with Crippen LogP contribution in [0.3, 0.4) is 0 Å². The average molecular weight is 354 g/mol. The number of nitrogens with zero attached hydrogens (tertiary/aromatic N) is 3. The van der Waals surface area contributed by atoms with E-state index in [2.05, 4.69) is 25.6 Å². The molecule has 0 spiro atoms. The second kappa shape index (κ2) is 7.72. The van der Waals surface area contributed by atoms with Crippen molar-refractivity contribution in [2.45, 2.75) is 13.5 Å². The molecule has 1 aromatic carbocycles. The molecule has 2 N–H and O–H groups in total. The van der Waals surface area contributed by atoms with E-state index in [0.717, 1.165) is 16.8 Å². The van der Waals surface area contributed by atoms with Gasteiger partial charge in [-0.3, -0.25) is 9.78 Å². The first-order chi connectivity index (χ1) is 12.1. The number of nitrogens with one attached hydrogen (secondary N) is 2. The summed E-state index contributed by atoms with van der Waals surface area (Å²) in [5, 5.41) is 6.59. The van der Waals surface area contributed by atoms with Crippen molar-refractivity contribution in [2.24, 2.45) is 0 Å². The van der Waals surface area contributed by atoms with E-state index in [1.165, 1.54) is 12.4 Å². The van der Waals surface area contributed by atoms with Gasteiger partial charge in [0.05, 0.1) is 12.4 Å². The largest absolute Gasteiger partial charge is 0.347 e. The van der Waals surface area contributed by atoms with Crippen molar-refractivity contribution in [1.29, 1.82) is 0 Å². The normalized spacial score (nSPS) is 10.3. The Labute approximate surface area is 150 Å². The first-order valence-electron chi connectivity index (χ1n) is 7.65. The minimum absolute atomic E-state index is 0.247. The van der Waals surface area contributed by atoms with E-state index in [4.69, 9.17) is 11.6 Å². The summed E-state index contributed by atoms with van der Waals surface area (Å²) in [7, 11) is 0. The van der Waals surface area contributed by atoms with Crippen molar-refractivity contribution < 1.29 is 4.79 Å². The third-order valence-electron chi connectivity index (χ3n) is 3.59. The van der Waals surface area contributed by atoms with Gasteiger partial charge in [0.1, 0.15) is 11.5 Å². The predicted molar refractivity (Wildman–Crippen MR) is 96.9 cm³/mol. The molecule has 0 fully saturated rings. The van der Waals surface area contributed by atoms with Crippen molar-refractivity contribution in [3.63, 3.8) is 0 Å². The van der Waals surface area contributed by atoms with Gasteiger partial charge in [-0.15, -0.1) is 0 Å². The van der Waals surface area contributed by atoms with Crippen LogP contribution in [0.5, 0.6) is 0 Å². The highest BCUT2D eigenvalue weighted by atomic mass is 35.5. The molecule has 0 aliphatic heterocycles. The topological polar surface area (TPSA) is 79.8 Å². The Morgan fingerprint density at radius 2 is 2.00 bits per heavy atom. The molecule has 0 aliphatic carbocycles. The second-order valence-electron chi connectivity index (χ2n) is 5.37. The van der Waals surface area contributed by atoms with Gasteiger partial charge < -0.3 is 10.6 Å². The standard InChI is InChI=1S/C18H16ClN5O/c1-12-14(19)5-2-6-15(12)24-17-11-21-16(10-22-17)18(25)23-9-13-4-3-7-20-8-13/h2-8,10-11H,9H2,1H3,(H,22,24)(H,23,25). The van der Waals surface area contributed by atoms with Crippen molar-refractivity contribution in [1.82, 2.24) is 20.3 Å². The van der Waals surface area contributed by atoms with Crippen molar-refractivity contribution in [3.05, 3.63) is 77.0 Å². The number of rotatable bonds is 5. The molecule has 0 unspecified atom stereocenters. The molecule has 0 saturated carbocycles. The summed E-state index contributed by atoms with van der Waals surface area (Å²) in [5.41, 5.74) is 2.93. The third-order valence-corrected chi connectivity index (χ3v) is 4.00. The Kier molecular flexibility index (Phi) is 5.20. The van der Waals surface area contributed by atoms with E-state index in [1.807, 2.05) is 37.3 Å². The Balaban J connectivity index is 1.63. The van der Waals surface area contributed by atoms with Crippen LogP contribution in [-0.2, 0) is 6.54 Å². The maximum atomic E-state index is 12.1. The molecule has 1 amide bonds. The van der Waals surface area contributed by atoms with Crippen LogP contribution in [0, 0.1) is 6.92 Å². The molecule has 0 atom stereocenters. The fraction of sp³-hybridized carbons (Fsp3) is 0.111. The highest BCUT2D eigenvalue weighted by Crippen LogP contribution is 2.25. The van der Waals surface area contributed by atoms with Gasteiger partial charge in [-0.2, -0.15) is 0 Å². The smallest absolute Gasteiger partial charge is 0.271 e. The summed E-state index contributed by atoms with van der Waals surface area (Å²) < 4.78 is 0. The number of pyridine rings is 1. The molecule has 7 heteroatoms. The highest BCUT2D eigenvalue weighted by Gasteiger charge is 2.09. The van der Waals surface area contributed by atoms with Crippen molar-refractivity contribution in [2.75, 3.05) is 5.32 Å². The minimum atomic E-state index is -0.290. The second-order valence-corrected chi connectivity index (χ2v) is 5.78. The van der Waals surface area contributed by atoms with Crippen LogP contribution in [-0.4, -0.2) is 20.9 Å². The van der Waals surface area contributed by atoms with Crippen LogP contribution in [0.4, 0.5) is 11.5 Å². The lowest BCUT2D eigenvalue weighted by Crippen LogP contribution is -2.24. The summed E-state index contributed by atoms with van der Waals surface area (Å²) in [6.07, 6.45) is 6.33. The van der Waals surface area contributed by atoms with Gasteiger partial charge in [-0.1, -0.05) is 23.7 Å². The lowest BCUT2D eigenvalue weighted by atomic mass is 10.2. The number of carbonyl (C=O) groups is 1. The zero-order valence-corrected chi connectivity index (χ0v) is 14.3. The van der Waals surface area contributed by atoms with Gasteiger partial charge >= 0.3 is 0 Å². The number of carbonyl (C=O) groups excluding carboxylic acids is 1. The summed E-state index contributed by atoms with van der Waals surface area (Å²) in [4.78, 5) is 24.5. The maximum absolute atomic E-state index is 12.1. The number of benzene rings is 1. The lowest BCUT2D eigenvalue weighted by molar-refractivity contribution is 0.0945. The summed E-state index contributed by atoms with van der Waals surface area (Å²) in [6, 6.07) is 9.28. The van der Waals surface area contributed by atoms with Crippen molar-refractivity contribution in [3.8, 4) is 0 Å². The molecule has 6 nitrogen and oxygen atoms in total. The van der Waals surface area contributed by atoms with Gasteiger partial charge in [0.25, 0.3) is 5.91 Å². The molecule has 0 aliphatic rings. The summed E-state index contributed by atoms with van der Waals surface area (Å²) >= 11 is 6.10. The maximum Gasteiger partial charge on any atom is 0.271 e. The average Bonchev–Trinajstić information content (AvgIpc) is 2.65. The van der Waals surface area contributed by atoms with E-state index >= 15 is 0 Å². The zero-order valence-electron chi connectivity index (χ0n) is 13.5. The Morgan fingerprint density at radius 1 is 1.12 bits per heavy atom. The van der Waals surface area contributed by atoms with Crippen LogP contribution in [0.2, 0.25) is 5.02 Å². The Bertz CT molecular complexity index is 868. The summed E-state index contributed by atoms with van der Waals surface area (Å²) in [6.45, 7) is 2.30. The molecular formula is C18H16ClN5O. The quantitative estimate of drug-likeness (QED) is 0.733. The van der Waals surface area contributed by atoms with Gasteiger partial charge in [-0.25, -0.2) is 9.97 Å². The first-order valence-corrected chi connectivity index (χ1v) is 8.02. The number of aromatic nitrogens is 3. The molecule has 25 heavy (non-hydrogen) atoms. The van der Waals surface area contributed by atoms with E-state index in [9.17, 15) is 4.79 Å². The molecule has 126 valence electrons. The van der Waals surface area contributed by atoms with Crippen LogP contribution in [0.25, 0.3) is 0 Å². The van der Waals surface area contributed by atoms with Gasteiger partial charge in [0, 0.05) is 29.6 Å². The van der Waals surface area contributed by atoms with Gasteiger partial charge in [0.2, 0.25) is 0 Å². The first kappa shape index (κ1) is 16.9. The molecule has 3 rings (SSSR count). The SMILES string of the molecule is Cc1c(Cl)cccc1Nc1cnc(C(=O)NCc2cccnc2)cn1. The number of hydrogen-bond donors (Lipinski definition) is 2. The highest BCUT2D eigenvalue weighted by molar-refractivity contribution is 6.31. The van der Waals surface area contributed by atoms with Crippen LogP contribution in [0.1, 0.15) is 21.6 Å². The number of halogens is 1. The fourth-order valence-electron chi connectivity index (χ4n) is 2.17. The number of hydrogen-bond acceptors (Lipinski definition) is 5. The van der Waals surface area contributed by atoms with E-state index in [-0.39, 0.29) is 11.6 Å². The van der Waals surface area contributed by atoms with Crippen molar-refractivity contribution >= 4 is 29.0 Å². The molecule has 0 bridgehead atoms. The molecule has 2 heterocycles. The Morgan fingerprint density at radius 3 is 2.72 bits per heavy atom. The lowest BCUT2D eigenvalue weighted by Gasteiger charge is -2.10. The summed E-state index contributed by atoms with van der Waals surface area (Å²) in [5.74, 6) is 0.246.